The topological polar surface area (TPSA) is 131 Å². The number of hydrogen-bond donors (Lipinski definition) is 0. The van der Waals surface area contributed by atoms with E-state index in [-0.39, 0.29) is 22.2 Å². The number of carbonyl (C=O) groups is 2. The zero-order chi connectivity index (χ0) is 21.0. The Bertz CT molecular complexity index is 1140. The van der Waals surface area contributed by atoms with Crippen molar-refractivity contribution in [3.8, 4) is 5.88 Å². The van der Waals surface area contributed by atoms with E-state index in [0.717, 1.165) is 18.3 Å². The zero-order valence-electron chi connectivity index (χ0n) is 15.2. The van der Waals surface area contributed by atoms with Gasteiger partial charge < -0.3 is 4.74 Å². The van der Waals surface area contributed by atoms with E-state index in [1.807, 2.05) is 0 Å². The van der Waals surface area contributed by atoms with Gasteiger partial charge in [0.1, 0.15) is 16.3 Å². The Morgan fingerprint density at radius 2 is 1.15 bits per heavy atom. The average Bonchev–Trinajstić information content (AvgIpc) is 2.66. The molecule has 2 aromatic rings. The zero-order valence-corrected chi connectivity index (χ0v) is 15.9. The van der Waals surface area contributed by atoms with Gasteiger partial charge in [0.05, 0.1) is 7.11 Å². The molecule has 12 heteroatoms. The smallest absolute Gasteiger partial charge is 0.333 e. The maximum Gasteiger partial charge on any atom is 0.333 e. The van der Waals surface area contributed by atoms with Crippen LogP contribution in [-0.2, 0) is 28.2 Å². The summed E-state index contributed by atoms with van der Waals surface area (Å²) in [5.74, 6) is -0.0203. The van der Waals surface area contributed by atoms with Gasteiger partial charge in [-0.2, -0.15) is 0 Å². The van der Waals surface area contributed by atoms with Crippen molar-refractivity contribution >= 4 is 24.2 Å². The SMILES string of the molecule is COc1c(C=O)c(=O)n(C)c(=O)n1C.Cn1c(Cl)c(C=O)c(=O)n(C)c1=O. The van der Waals surface area contributed by atoms with Gasteiger partial charge in [-0.15, -0.1) is 0 Å². The van der Waals surface area contributed by atoms with Crippen LogP contribution in [0.4, 0.5) is 0 Å². The lowest BCUT2D eigenvalue weighted by Gasteiger charge is -2.09. The van der Waals surface area contributed by atoms with Gasteiger partial charge in [0, 0.05) is 28.2 Å². The molecule has 0 aliphatic rings. The minimum atomic E-state index is -0.678. The second-order valence-corrected chi connectivity index (χ2v) is 5.63. The lowest BCUT2D eigenvalue weighted by atomic mass is 10.3. The van der Waals surface area contributed by atoms with Gasteiger partial charge in [0.25, 0.3) is 11.1 Å². The largest absolute Gasteiger partial charge is 0.481 e. The van der Waals surface area contributed by atoms with Crippen LogP contribution in [0.25, 0.3) is 0 Å². The summed E-state index contributed by atoms with van der Waals surface area (Å²) in [5, 5.41) is -0.136. The van der Waals surface area contributed by atoms with Gasteiger partial charge in [0.15, 0.2) is 12.6 Å². The van der Waals surface area contributed by atoms with Crippen molar-refractivity contribution in [3.63, 3.8) is 0 Å². The van der Waals surface area contributed by atoms with Crippen LogP contribution in [-0.4, -0.2) is 38.0 Å². The molecule has 0 fully saturated rings. The molecular weight excluding hydrogens is 384 g/mol. The Kier molecular flexibility index (Phi) is 6.83. The van der Waals surface area contributed by atoms with Crippen molar-refractivity contribution in [2.24, 2.45) is 28.2 Å². The predicted octanol–water partition coefficient (Wildman–Crippen LogP) is -1.54. The fourth-order valence-electron chi connectivity index (χ4n) is 2.14. The summed E-state index contributed by atoms with van der Waals surface area (Å²) in [6.45, 7) is 0. The molecule has 0 unspecified atom stereocenters. The highest BCUT2D eigenvalue weighted by atomic mass is 35.5. The first-order valence-corrected chi connectivity index (χ1v) is 7.62. The molecule has 0 aliphatic carbocycles. The molecule has 0 aromatic carbocycles. The number of rotatable bonds is 3. The van der Waals surface area contributed by atoms with Gasteiger partial charge in [-0.3, -0.25) is 37.4 Å². The van der Waals surface area contributed by atoms with Crippen molar-refractivity contribution in [1.29, 1.82) is 0 Å². The number of aldehydes is 2. The van der Waals surface area contributed by atoms with Gasteiger partial charge in [-0.05, 0) is 0 Å². The molecule has 146 valence electrons. The van der Waals surface area contributed by atoms with Gasteiger partial charge in [-0.25, -0.2) is 9.59 Å². The van der Waals surface area contributed by atoms with Crippen LogP contribution in [0, 0.1) is 0 Å². The third kappa shape index (κ3) is 3.82. The molecule has 11 nitrogen and oxygen atoms in total. The van der Waals surface area contributed by atoms with E-state index in [1.165, 1.54) is 35.3 Å². The molecule has 0 radical (unpaired) electrons. The Labute approximate surface area is 156 Å². The third-order valence-corrected chi connectivity index (χ3v) is 4.16. The Hall–Kier alpha value is -3.21. The molecule has 0 atom stereocenters. The molecule has 0 saturated carbocycles. The number of methoxy groups -OCH3 is 1. The number of aromatic nitrogens is 4. The van der Waals surface area contributed by atoms with Crippen LogP contribution in [0.1, 0.15) is 20.7 Å². The highest BCUT2D eigenvalue weighted by Gasteiger charge is 2.15. The molecular formula is C15H17ClN4O7. The highest BCUT2D eigenvalue weighted by Crippen LogP contribution is 2.07. The summed E-state index contributed by atoms with van der Waals surface area (Å²) in [4.78, 5) is 66.3. The van der Waals surface area contributed by atoms with E-state index in [1.54, 1.807) is 0 Å². The van der Waals surface area contributed by atoms with Gasteiger partial charge in [0.2, 0.25) is 5.88 Å². The number of ether oxygens (including phenoxy) is 1. The van der Waals surface area contributed by atoms with Gasteiger partial charge in [-0.1, -0.05) is 11.6 Å². The molecule has 0 amide bonds. The molecule has 0 aliphatic heterocycles. The first-order valence-electron chi connectivity index (χ1n) is 7.24. The van der Waals surface area contributed by atoms with Crippen LogP contribution < -0.4 is 27.2 Å². The van der Waals surface area contributed by atoms with E-state index >= 15 is 0 Å². The maximum atomic E-state index is 11.4. The number of hydrogen-bond acceptors (Lipinski definition) is 7. The maximum absolute atomic E-state index is 11.4. The van der Waals surface area contributed by atoms with Crippen LogP contribution >= 0.6 is 11.6 Å². The fraction of sp³-hybridized carbons (Fsp3) is 0.333. The molecule has 0 bridgehead atoms. The van der Waals surface area contributed by atoms with E-state index in [9.17, 15) is 28.8 Å². The van der Waals surface area contributed by atoms with Crippen molar-refractivity contribution in [2.75, 3.05) is 7.11 Å². The van der Waals surface area contributed by atoms with Crippen molar-refractivity contribution in [1.82, 2.24) is 18.3 Å². The first-order chi connectivity index (χ1) is 12.5. The van der Waals surface area contributed by atoms with Crippen LogP contribution in [0.5, 0.6) is 5.88 Å². The summed E-state index contributed by atoms with van der Waals surface area (Å²) in [5.41, 5.74) is -2.77. The number of nitrogens with zero attached hydrogens (tertiary/aromatic N) is 4. The lowest BCUT2D eigenvalue weighted by molar-refractivity contribution is 0.111. The monoisotopic (exact) mass is 400 g/mol. The molecule has 0 N–H and O–H groups in total. The van der Waals surface area contributed by atoms with Crippen molar-refractivity contribution < 1.29 is 14.3 Å². The van der Waals surface area contributed by atoms with E-state index in [2.05, 4.69) is 0 Å². The molecule has 27 heavy (non-hydrogen) atoms. The Morgan fingerprint density at radius 3 is 1.56 bits per heavy atom. The van der Waals surface area contributed by atoms with E-state index in [0.29, 0.717) is 12.6 Å². The fourth-order valence-corrected chi connectivity index (χ4v) is 2.34. The van der Waals surface area contributed by atoms with Crippen molar-refractivity contribution in [2.45, 2.75) is 0 Å². The quantitative estimate of drug-likeness (QED) is 0.450. The summed E-state index contributed by atoms with van der Waals surface area (Å²) in [6, 6.07) is 0. The molecule has 2 aromatic heterocycles. The Balaban J connectivity index is 0.000000271. The normalized spacial score (nSPS) is 10.0. The van der Waals surface area contributed by atoms with E-state index in [4.69, 9.17) is 16.3 Å². The van der Waals surface area contributed by atoms with Crippen LogP contribution in [0.2, 0.25) is 5.15 Å². The average molecular weight is 401 g/mol. The third-order valence-electron chi connectivity index (χ3n) is 3.70. The standard InChI is InChI=1S/C8H10N2O4.C7H7ClN2O3/c1-9-6(12)5(4-11)7(14-3)10(2)8(9)13;1-9-5(8)4(3-11)6(12)10(2)7(9)13/h4H,1-3H3;3H,1-2H3. The minimum Gasteiger partial charge on any atom is -0.481 e. The summed E-state index contributed by atoms with van der Waals surface area (Å²) in [6.07, 6.45) is 0.713. The molecule has 2 rings (SSSR count). The highest BCUT2D eigenvalue weighted by molar-refractivity contribution is 6.31. The second-order valence-electron chi connectivity index (χ2n) is 5.27. The van der Waals surface area contributed by atoms with Crippen molar-refractivity contribution in [3.05, 3.63) is 58.0 Å². The molecule has 0 saturated heterocycles. The molecule has 2 heterocycles. The van der Waals surface area contributed by atoms with E-state index < -0.39 is 22.5 Å². The second kappa shape index (κ2) is 8.45. The Morgan fingerprint density at radius 1 is 0.741 bits per heavy atom. The number of carbonyl (C=O) groups excluding carboxylic acids is 2. The minimum absolute atomic E-state index is 0.0203. The van der Waals surface area contributed by atoms with Crippen LogP contribution in [0.3, 0.4) is 0 Å². The molecule has 0 spiro atoms. The first kappa shape index (κ1) is 21.8. The lowest BCUT2D eigenvalue weighted by Crippen LogP contribution is -2.39. The van der Waals surface area contributed by atoms with Crippen LogP contribution in [0.15, 0.2) is 19.2 Å². The summed E-state index contributed by atoms with van der Waals surface area (Å²) >= 11 is 5.59. The summed E-state index contributed by atoms with van der Waals surface area (Å²) in [7, 11) is 6.69. The summed E-state index contributed by atoms with van der Waals surface area (Å²) < 4.78 is 8.62. The van der Waals surface area contributed by atoms with Gasteiger partial charge >= 0.3 is 11.4 Å². The number of halogens is 1. The predicted molar refractivity (Wildman–Crippen MR) is 96.2 cm³/mol.